The smallest absolute Gasteiger partial charge is 0.467 e. The topological polar surface area (TPSA) is 75.6 Å². The summed E-state index contributed by atoms with van der Waals surface area (Å²) in [5.74, 6) is -3.52. The van der Waals surface area contributed by atoms with Crippen molar-refractivity contribution in [2.45, 2.75) is 18.3 Å². The van der Waals surface area contributed by atoms with E-state index in [2.05, 4.69) is 4.74 Å². The molecule has 24 heavy (non-hydrogen) atoms. The normalized spacial score (nSPS) is 14.0. The SMILES string of the molecule is COC(=O)[C@H](NC(=O)C(F)(F)F)[C@@H](O)c1ccc2ccccc2c1. The molecule has 2 atom stereocenters. The summed E-state index contributed by atoms with van der Waals surface area (Å²) in [5, 5.41) is 13.3. The van der Waals surface area contributed by atoms with E-state index >= 15 is 0 Å². The number of amides is 1. The number of benzene rings is 2. The van der Waals surface area contributed by atoms with Crippen LogP contribution in [0.1, 0.15) is 11.7 Å². The molecule has 128 valence electrons. The summed E-state index contributed by atoms with van der Waals surface area (Å²) >= 11 is 0. The zero-order valence-corrected chi connectivity index (χ0v) is 12.5. The van der Waals surface area contributed by atoms with Crippen LogP contribution in [0.15, 0.2) is 42.5 Å². The van der Waals surface area contributed by atoms with Crippen LogP contribution in [0.2, 0.25) is 0 Å². The van der Waals surface area contributed by atoms with Gasteiger partial charge in [-0.3, -0.25) is 4.79 Å². The zero-order valence-electron chi connectivity index (χ0n) is 12.5. The lowest BCUT2D eigenvalue weighted by atomic mass is 9.99. The first-order valence-electron chi connectivity index (χ1n) is 6.86. The van der Waals surface area contributed by atoms with Crippen molar-refractivity contribution >= 4 is 22.6 Å². The van der Waals surface area contributed by atoms with Crippen molar-refractivity contribution in [2.75, 3.05) is 7.11 Å². The molecule has 0 aliphatic heterocycles. The fraction of sp³-hybridized carbons (Fsp3) is 0.250. The maximum Gasteiger partial charge on any atom is 0.471 e. The van der Waals surface area contributed by atoms with Crippen LogP contribution < -0.4 is 5.32 Å². The second kappa shape index (κ2) is 6.88. The first-order chi connectivity index (χ1) is 11.2. The largest absolute Gasteiger partial charge is 0.471 e. The number of aliphatic hydroxyl groups is 1. The van der Waals surface area contributed by atoms with Crippen molar-refractivity contribution < 1.29 is 32.6 Å². The van der Waals surface area contributed by atoms with Gasteiger partial charge in [-0.2, -0.15) is 13.2 Å². The molecule has 0 heterocycles. The van der Waals surface area contributed by atoms with Gasteiger partial charge in [0.05, 0.1) is 7.11 Å². The molecule has 2 N–H and O–H groups in total. The van der Waals surface area contributed by atoms with Crippen LogP contribution in [-0.4, -0.2) is 36.3 Å². The predicted octanol–water partition coefficient (Wildman–Crippen LogP) is 2.09. The van der Waals surface area contributed by atoms with E-state index in [1.54, 1.807) is 24.3 Å². The summed E-state index contributed by atoms with van der Waals surface area (Å²) < 4.78 is 41.6. The van der Waals surface area contributed by atoms with Gasteiger partial charge in [-0.1, -0.05) is 36.4 Å². The van der Waals surface area contributed by atoms with Gasteiger partial charge in [0.15, 0.2) is 6.04 Å². The van der Waals surface area contributed by atoms with Crippen molar-refractivity contribution in [3.05, 3.63) is 48.0 Å². The molecule has 0 bridgehead atoms. The van der Waals surface area contributed by atoms with Crippen LogP contribution in [-0.2, 0) is 14.3 Å². The third-order valence-electron chi connectivity index (χ3n) is 3.43. The van der Waals surface area contributed by atoms with E-state index in [1.807, 2.05) is 6.07 Å². The van der Waals surface area contributed by atoms with Crippen LogP contribution >= 0.6 is 0 Å². The summed E-state index contributed by atoms with van der Waals surface area (Å²) in [6, 6.07) is 9.86. The maximum atomic E-state index is 12.4. The van der Waals surface area contributed by atoms with Crippen molar-refractivity contribution in [1.82, 2.24) is 5.32 Å². The monoisotopic (exact) mass is 341 g/mol. The third-order valence-corrected chi connectivity index (χ3v) is 3.43. The Morgan fingerprint density at radius 3 is 2.33 bits per heavy atom. The number of halogens is 3. The third kappa shape index (κ3) is 3.83. The van der Waals surface area contributed by atoms with Gasteiger partial charge in [0, 0.05) is 0 Å². The van der Waals surface area contributed by atoms with Crippen molar-refractivity contribution in [3.8, 4) is 0 Å². The molecular formula is C16H14F3NO4. The summed E-state index contributed by atoms with van der Waals surface area (Å²) in [4.78, 5) is 22.8. The van der Waals surface area contributed by atoms with E-state index < -0.39 is 30.2 Å². The Labute approximate surface area is 135 Å². The average molecular weight is 341 g/mol. The molecule has 2 rings (SSSR count). The van der Waals surface area contributed by atoms with Gasteiger partial charge in [-0.15, -0.1) is 0 Å². The molecule has 1 amide bonds. The number of nitrogens with one attached hydrogen (secondary N) is 1. The zero-order chi connectivity index (χ0) is 17.9. The number of rotatable bonds is 4. The van der Waals surface area contributed by atoms with E-state index in [0.29, 0.717) is 0 Å². The summed E-state index contributed by atoms with van der Waals surface area (Å²) in [7, 11) is 0.947. The van der Waals surface area contributed by atoms with E-state index in [9.17, 15) is 27.9 Å². The van der Waals surface area contributed by atoms with Gasteiger partial charge >= 0.3 is 18.1 Å². The van der Waals surface area contributed by atoms with Gasteiger partial charge in [0.2, 0.25) is 0 Å². The standard InChI is InChI=1S/C16H14F3NO4/c1-24-14(22)12(20-15(23)16(17,18)19)13(21)11-7-6-9-4-2-3-5-10(9)8-11/h2-8,12-13,21H,1H3,(H,20,23)/t12-,13+/m1/s1. The fourth-order valence-electron chi connectivity index (χ4n) is 2.20. The van der Waals surface area contributed by atoms with Crippen LogP contribution in [0.25, 0.3) is 10.8 Å². The van der Waals surface area contributed by atoms with E-state index in [-0.39, 0.29) is 5.56 Å². The van der Waals surface area contributed by atoms with Gasteiger partial charge in [0.1, 0.15) is 6.10 Å². The molecule has 2 aromatic carbocycles. The molecule has 0 aliphatic carbocycles. The van der Waals surface area contributed by atoms with Crippen molar-refractivity contribution in [2.24, 2.45) is 0 Å². The fourth-order valence-corrected chi connectivity index (χ4v) is 2.20. The van der Waals surface area contributed by atoms with Crippen LogP contribution in [0.3, 0.4) is 0 Å². The highest BCUT2D eigenvalue weighted by Gasteiger charge is 2.43. The number of carbonyl (C=O) groups excluding carboxylic acids is 2. The summed E-state index contributed by atoms with van der Waals surface area (Å²) in [6.45, 7) is 0. The van der Waals surface area contributed by atoms with Crippen molar-refractivity contribution in [3.63, 3.8) is 0 Å². The number of carbonyl (C=O) groups is 2. The Bertz CT molecular complexity index is 760. The quantitative estimate of drug-likeness (QED) is 0.835. The molecule has 8 heteroatoms. The van der Waals surface area contributed by atoms with Crippen molar-refractivity contribution in [1.29, 1.82) is 0 Å². The van der Waals surface area contributed by atoms with Gasteiger partial charge in [-0.25, -0.2) is 4.79 Å². The Morgan fingerprint density at radius 1 is 1.12 bits per heavy atom. The minimum absolute atomic E-state index is 0.173. The highest BCUT2D eigenvalue weighted by Crippen LogP contribution is 2.24. The van der Waals surface area contributed by atoms with Gasteiger partial charge < -0.3 is 15.2 Å². The van der Waals surface area contributed by atoms with Crippen LogP contribution in [0, 0.1) is 0 Å². The molecule has 0 aliphatic rings. The minimum atomic E-state index is -5.19. The summed E-state index contributed by atoms with van der Waals surface area (Å²) in [6.07, 6.45) is -6.89. The second-order valence-corrected chi connectivity index (χ2v) is 5.02. The Hall–Kier alpha value is -2.61. The highest BCUT2D eigenvalue weighted by molar-refractivity contribution is 5.88. The molecule has 5 nitrogen and oxygen atoms in total. The molecule has 0 unspecified atom stereocenters. The lowest BCUT2D eigenvalue weighted by Gasteiger charge is -2.23. The number of hydrogen-bond acceptors (Lipinski definition) is 4. The number of fused-ring (bicyclic) bond motifs is 1. The Kier molecular flexibility index (Phi) is 5.08. The molecular weight excluding hydrogens is 327 g/mol. The number of methoxy groups -OCH3 is 1. The van der Waals surface area contributed by atoms with E-state index in [4.69, 9.17) is 0 Å². The van der Waals surface area contributed by atoms with E-state index in [1.165, 1.54) is 17.4 Å². The molecule has 0 saturated carbocycles. The first-order valence-corrected chi connectivity index (χ1v) is 6.86. The van der Waals surface area contributed by atoms with Gasteiger partial charge in [0.25, 0.3) is 0 Å². The number of alkyl halides is 3. The number of hydrogen-bond donors (Lipinski definition) is 2. The van der Waals surface area contributed by atoms with Gasteiger partial charge in [-0.05, 0) is 22.4 Å². The number of aliphatic hydroxyl groups excluding tert-OH is 1. The minimum Gasteiger partial charge on any atom is -0.467 e. The molecule has 0 fully saturated rings. The highest BCUT2D eigenvalue weighted by atomic mass is 19.4. The number of ether oxygens (including phenoxy) is 1. The molecule has 0 aromatic heterocycles. The Morgan fingerprint density at radius 2 is 1.75 bits per heavy atom. The van der Waals surface area contributed by atoms with Crippen LogP contribution in [0.4, 0.5) is 13.2 Å². The molecule has 0 radical (unpaired) electrons. The lowest BCUT2D eigenvalue weighted by Crippen LogP contribution is -2.50. The summed E-state index contributed by atoms with van der Waals surface area (Å²) in [5.41, 5.74) is 0.173. The Balaban J connectivity index is 2.33. The maximum absolute atomic E-state index is 12.4. The first kappa shape index (κ1) is 17.7. The predicted molar refractivity (Wildman–Crippen MR) is 78.9 cm³/mol. The average Bonchev–Trinajstić information content (AvgIpc) is 2.56. The molecule has 0 spiro atoms. The second-order valence-electron chi connectivity index (χ2n) is 5.02. The van der Waals surface area contributed by atoms with Crippen LogP contribution in [0.5, 0.6) is 0 Å². The molecule has 2 aromatic rings. The molecule has 0 saturated heterocycles. The number of esters is 1. The lowest BCUT2D eigenvalue weighted by molar-refractivity contribution is -0.177. The van der Waals surface area contributed by atoms with E-state index in [0.717, 1.165) is 17.9 Å².